The van der Waals surface area contributed by atoms with Crippen molar-refractivity contribution in [3.8, 4) is 0 Å². The largest absolute Gasteiger partial charge is 0.631 e. The van der Waals surface area contributed by atoms with E-state index in [1.165, 1.54) is 0 Å². The standard InChI is InChI=1S/BH3O3.Li/c2-1(3)4;/h2-4H;. The maximum Gasteiger partial charge on any atom is 0.631 e. The third-order valence-corrected chi connectivity index (χ3v) is 0. The molecule has 25 valence electrons. The minimum atomic E-state index is -2.17. The fourth-order valence-electron chi connectivity index (χ4n) is 0. The van der Waals surface area contributed by atoms with E-state index in [-0.39, 0.29) is 18.9 Å². The Morgan fingerprint density at radius 1 is 1.00 bits per heavy atom. The van der Waals surface area contributed by atoms with Crippen molar-refractivity contribution >= 4 is 26.2 Å². The van der Waals surface area contributed by atoms with Crippen LogP contribution in [0.15, 0.2) is 0 Å². The van der Waals surface area contributed by atoms with Gasteiger partial charge in [-0.2, -0.15) is 0 Å². The van der Waals surface area contributed by atoms with Crippen LogP contribution in [0.1, 0.15) is 0 Å². The molecule has 0 aromatic heterocycles. The first-order chi connectivity index (χ1) is 1.73. The Morgan fingerprint density at radius 3 is 1.00 bits per heavy atom. The average Bonchev–Trinajstić information content (AvgIpc) is 0.811. The first-order valence-corrected chi connectivity index (χ1v) is 0.775. The number of rotatable bonds is 0. The Bertz CT molecular complexity index is 11.6. The van der Waals surface area contributed by atoms with Crippen LogP contribution in [0.5, 0.6) is 0 Å². The van der Waals surface area contributed by atoms with Crippen molar-refractivity contribution in [1.82, 2.24) is 0 Å². The van der Waals surface area contributed by atoms with Gasteiger partial charge in [-0.25, -0.2) is 0 Å². The van der Waals surface area contributed by atoms with E-state index in [9.17, 15) is 0 Å². The summed E-state index contributed by atoms with van der Waals surface area (Å²) in [6, 6.07) is 0. The fourth-order valence-corrected chi connectivity index (χ4v) is 0. The maximum atomic E-state index is 7.17. The fraction of sp³-hybridized carbons (Fsp3) is 0. The van der Waals surface area contributed by atoms with Crippen molar-refractivity contribution in [2.45, 2.75) is 0 Å². The van der Waals surface area contributed by atoms with Gasteiger partial charge in [0.15, 0.2) is 0 Å². The van der Waals surface area contributed by atoms with Crippen LogP contribution in [0, 0.1) is 0 Å². The predicted octanol–water partition coefficient (Wildman–Crippen LogP) is -2.43. The van der Waals surface area contributed by atoms with Crippen molar-refractivity contribution in [3.05, 3.63) is 0 Å². The number of hydrogen-bond donors (Lipinski definition) is 3. The van der Waals surface area contributed by atoms with Gasteiger partial charge in [-0.3, -0.25) is 0 Å². The Kier molecular flexibility index (Phi) is 8.28. The summed E-state index contributed by atoms with van der Waals surface area (Å²) in [4.78, 5) is 0. The van der Waals surface area contributed by atoms with Gasteiger partial charge in [0.2, 0.25) is 0 Å². The van der Waals surface area contributed by atoms with Crippen LogP contribution >= 0.6 is 0 Å². The summed E-state index contributed by atoms with van der Waals surface area (Å²) in [6.07, 6.45) is 0. The normalized spacial score (nSPS) is 5.40. The third-order valence-electron chi connectivity index (χ3n) is 0. The van der Waals surface area contributed by atoms with E-state index >= 15 is 0 Å². The zero-order valence-corrected chi connectivity index (χ0v) is 2.92. The molecule has 0 unspecified atom stereocenters. The summed E-state index contributed by atoms with van der Waals surface area (Å²) >= 11 is 0. The summed E-state index contributed by atoms with van der Waals surface area (Å²) in [7, 11) is -2.17. The molecule has 0 spiro atoms. The van der Waals surface area contributed by atoms with Gasteiger partial charge in [0.1, 0.15) is 0 Å². The minimum absolute atomic E-state index is 0. The molecule has 0 aliphatic carbocycles. The monoisotopic (exact) mass is 69.0 g/mol. The van der Waals surface area contributed by atoms with Gasteiger partial charge in [0.05, 0.1) is 0 Å². The maximum absolute atomic E-state index is 7.17. The molecule has 0 amide bonds. The molecule has 0 aliphatic heterocycles. The van der Waals surface area contributed by atoms with E-state index in [1.54, 1.807) is 0 Å². The van der Waals surface area contributed by atoms with E-state index in [1.807, 2.05) is 0 Å². The molecule has 5 heavy (non-hydrogen) atoms. The molecule has 0 aromatic carbocycles. The Morgan fingerprint density at radius 2 is 1.00 bits per heavy atom. The van der Waals surface area contributed by atoms with Gasteiger partial charge in [0.25, 0.3) is 0 Å². The second-order valence-electron chi connectivity index (χ2n) is 0.346. The van der Waals surface area contributed by atoms with Crippen molar-refractivity contribution in [2.24, 2.45) is 0 Å². The molecule has 3 N–H and O–H groups in total. The zero-order valence-electron chi connectivity index (χ0n) is 2.92. The van der Waals surface area contributed by atoms with Crippen molar-refractivity contribution in [2.75, 3.05) is 0 Å². The van der Waals surface area contributed by atoms with Crippen molar-refractivity contribution in [1.29, 1.82) is 0 Å². The molecule has 0 aromatic rings. The molecule has 0 saturated heterocycles. The van der Waals surface area contributed by atoms with Gasteiger partial charge < -0.3 is 15.1 Å². The van der Waals surface area contributed by atoms with Gasteiger partial charge in [-0.15, -0.1) is 0 Å². The molecule has 0 heterocycles. The van der Waals surface area contributed by atoms with Gasteiger partial charge in [-0.1, -0.05) is 0 Å². The zero-order chi connectivity index (χ0) is 3.58. The van der Waals surface area contributed by atoms with E-state index in [0.29, 0.717) is 0 Å². The number of hydrogen-bond acceptors (Lipinski definition) is 3. The van der Waals surface area contributed by atoms with Gasteiger partial charge in [-0.05, 0) is 0 Å². The summed E-state index contributed by atoms with van der Waals surface area (Å²) in [6.45, 7) is 0. The van der Waals surface area contributed by atoms with Crippen LogP contribution in [0.25, 0.3) is 0 Å². The molecule has 5 heteroatoms. The smallest absolute Gasteiger partial charge is 0.402 e. The molecule has 0 fully saturated rings. The SMILES string of the molecule is OB(O)O.[Li]. The summed E-state index contributed by atoms with van der Waals surface area (Å²) in [5.74, 6) is 0. The molecular formula is H3BLiO3. The summed E-state index contributed by atoms with van der Waals surface area (Å²) in [5, 5.41) is 21.5. The van der Waals surface area contributed by atoms with Crippen LogP contribution in [0.2, 0.25) is 0 Å². The Hall–Kier alpha value is 0.542. The van der Waals surface area contributed by atoms with Crippen LogP contribution in [-0.2, 0) is 0 Å². The van der Waals surface area contributed by atoms with Crippen molar-refractivity contribution in [3.63, 3.8) is 0 Å². The molecule has 3 nitrogen and oxygen atoms in total. The topological polar surface area (TPSA) is 60.7 Å². The summed E-state index contributed by atoms with van der Waals surface area (Å²) in [5.41, 5.74) is 0. The molecule has 0 saturated carbocycles. The molecule has 0 rings (SSSR count). The minimum Gasteiger partial charge on any atom is -0.402 e. The van der Waals surface area contributed by atoms with Gasteiger partial charge in [0, 0.05) is 18.9 Å². The van der Waals surface area contributed by atoms with E-state index in [2.05, 4.69) is 0 Å². The van der Waals surface area contributed by atoms with E-state index in [4.69, 9.17) is 15.1 Å². The quantitative estimate of drug-likeness (QED) is 0.277. The van der Waals surface area contributed by atoms with Crippen LogP contribution in [0.3, 0.4) is 0 Å². The first kappa shape index (κ1) is 9.11. The molecule has 1 radical (unpaired) electrons. The second-order valence-corrected chi connectivity index (χ2v) is 0.346. The molecular weight excluding hydrogens is 65.8 g/mol. The van der Waals surface area contributed by atoms with E-state index in [0.717, 1.165) is 0 Å². The van der Waals surface area contributed by atoms with Crippen LogP contribution in [0.4, 0.5) is 0 Å². The van der Waals surface area contributed by atoms with E-state index < -0.39 is 7.32 Å². The van der Waals surface area contributed by atoms with Crippen LogP contribution < -0.4 is 0 Å². The average molecular weight is 68.8 g/mol. The first-order valence-electron chi connectivity index (χ1n) is 0.775. The summed E-state index contributed by atoms with van der Waals surface area (Å²) < 4.78 is 0. The van der Waals surface area contributed by atoms with Crippen molar-refractivity contribution < 1.29 is 15.1 Å². The van der Waals surface area contributed by atoms with Gasteiger partial charge >= 0.3 is 7.32 Å². The molecule has 0 atom stereocenters. The Labute approximate surface area is 42.0 Å². The predicted molar refractivity (Wildman–Crippen MR) is 18.2 cm³/mol. The molecule has 0 bridgehead atoms. The third kappa shape index (κ3) is 99.8. The Balaban J connectivity index is 0. The molecule has 0 aliphatic rings. The van der Waals surface area contributed by atoms with Crippen LogP contribution in [-0.4, -0.2) is 41.3 Å². The second kappa shape index (κ2) is 4.54.